The Labute approximate surface area is 214 Å². The second kappa shape index (κ2) is 13.2. The molecule has 2 atom stereocenters. The number of carbonyl (C=O) groups excluding carboxylic acids is 2. The molecule has 0 aliphatic heterocycles. The molecule has 0 spiro atoms. The van der Waals surface area contributed by atoms with Crippen LogP contribution in [0.15, 0.2) is 48.5 Å². The number of nitrogens with zero attached hydrogens (tertiary/aromatic N) is 2. The predicted octanol–water partition coefficient (Wildman–Crippen LogP) is 2.84. The van der Waals surface area contributed by atoms with Crippen molar-refractivity contribution < 1.29 is 27.5 Å². The average molecular weight is 520 g/mol. The summed E-state index contributed by atoms with van der Waals surface area (Å²) in [6.45, 7) is 5.26. The molecular formula is C26H37N3O6S. The molecule has 2 aromatic rings. The van der Waals surface area contributed by atoms with Gasteiger partial charge in [-0.1, -0.05) is 37.3 Å². The predicted molar refractivity (Wildman–Crippen MR) is 141 cm³/mol. The first-order chi connectivity index (χ1) is 17.0. The van der Waals surface area contributed by atoms with Gasteiger partial charge in [0.1, 0.15) is 24.1 Å². The van der Waals surface area contributed by atoms with Crippen LogP contribution in [0.3, 0.4) is 0 Å². The van der Waals surface area contributed by atoms with Crippen molar-refractivity contribution in [2.45, 2.75) is 45.7 Å². The van der Waals surface area contributed by atoms with Gasteiger partial charge in [-0.2, -0.15) is 0 Å². The molecule has 0 unspecified atom stereocenters. The maximum absolute atomic E-state index is 13.6. The fourth-order valence-corrected chi connectivity index (χ4v) is 4.47. The van der Waals surface area contributed by atoms with Gasteiger partial charge in [-0.05, 0) is 44.4 Å². The molecule has 1 N–H and O–H groups in total. The van der Waals surface area contributed by atoms with Gasteiger partial charge in [-0.15, -0.1) is 0 Å². The number of ether oxygens (including phenoxy) is 2. The Balaban J connectivity index is 2.38. The third-order valence-electron chi connectivity index (χ3n) is 5.99. The van der Waals surface area contributed by atoms with Crippen LogP contribution in [0.1, 0.15) is 32.8 Å². The van der Waals surface area contributed by atoms with Gasteiger partial charge in [-0.25, -0.2) is 8.42 Å². The van der Waals surface area contributed by atoms with Gasteiger partial charge >= 0.3 is 0 Å². The summed E-state index contributed by atoms with van der Waals surface area (Å²) in [4.78, 5) is 27.9. The molecule has 9 nitrogen and oxygen atoms in total. The van der Waals surface area contributed by atoms with E-state index in [0.29, 0.717) is 12.2 Å². The lowest BCUT2D eigenvalue weighted by atomic mass is 10.1. The Hall–Kier alpha value is -3.27. The van der Waals surface area contributed by atoms with Crippen LogP contribution in [0.25, 0.3) is 0 Å². The summed E-state index contributed by atoms with van der Waals surface area (Å²) >= 11 is 0. The van der Waals surface area contributed by atoms with E-state index in [4.69, 9.17) is 9.47 Å². The highest BCUT2D eigenvalue weighted by molar-refractivity contribution is 7.92. The van der Waals surface area contributed by atoms with Gasteiger partial charge in [-0.3, -0.25) is 13.9 Å². The third-order valence-corrected chi connectivity index (χ3v) is 7.11. The average Bonchev–Trinajstić information content (AvgIpc) is 2.86. The number of hydrogen-bond donors (Lipinski definition) is 1. The molecule has 0 fully saturated rings. The first-order valence-electron chi connectivity index (χ1n) is 11.8. The van der Waals surface area contributed by atoms with Gasteiger partial charge in [0.25, 0.3) is 0 Å². The number of methoxy groups -OCH3 is 2. The fraction of sp³-hybridized carbons (Fsp3) is 0.462. The molecule has 0 saturated carbocycles. The maximum Gasteiger partial charge on any atom is 0.244 e. The quantitative estimate of drug-likeness (QED) is 0.436. The molecule has 2 amide bonds. The molecule has 0 saturated heterocycles. The number of carbonyl (C=O) groups is 2. The number of amides is 2. The van der Waals surface area contributed by atoms with Gasteiger partial charge in [0, 0.05) is 18.7 Å². The zero-order chi connectivity index (χ0) is 26.9. The second-order valence-electron chi connectivity index (χ2n) is 8.62. The van der Waals surface area contributed by atoms with Crippen LogP contribution in [0.2, 0.25) is 0 Å². The van der Waals surface area contributed by atoms with Crippen LogP contribution in [-0.2, 0) is 26.0 Å². The summed E-state index contributed by atoms with van der Waals surface area (Å²) < 4.78 is 37.1. The first kappa shape index (κ1) is 29.0. The number of anilines is 1. The van der Waals surface area contributed by atoms with Crippen molar-refractivity contribution in [1.29, 1.82) is 0 Å². The van der Waals surface area contributed by atoms with Crippen molar-refractivity contribution >= 4 is 27.5 Å². The van der Waals surface area contributed by atoms with Crippen molar-refractivity contribution in [3.05, 3.63) is 54.1 Å². The second-order valence-corrected chi connectivity index (χ2v) is 10.5. The van der Waals surface area contributed by atoms with Crippen LogP contribution in [-0.4, -0.2) is 70.8 Å². The molecular weight excluding hydrogens is 482 g/mol. The minimum atomic E-state index is -3.87. The molecule has 198 valence electrons. The van der Waals surface area contributed by atoms with Crippen LogP contribution < -0.4 is 19.1 Å². The molecule has 0 heterocycles. The number of nitrogens with one attached hydrogen (secondary N) is 1. The van der Waals surface area contributed by atoms with E-state index in [1.54, 1.807) is 19.1 Å². The largest absolute Gasteiger partial charge is 0.497 e. The van der Waals surface area contributed by atoms with Crippen molar-refractivity contribution in [3.63, 3.8) is 0 Å². The summed E-state index contributed by atoms with van der Waals surface area (Å²) in [6, 6.07) is 13.4. The molecule has 2 rings (SSSR count). The summed E-state index contributed by atoms with van der Waals surface area (Å²) in [5.41, 5.74) is 1.20. The first-order valence-corrected chi connectivity index (χ1v) is 13.7. The smallest absolute Gasteiger partial charge is 0.244 e. The van der Waals surface area contributed by atoms with E-state index in [1.165, 1.54) is 25.2 Å². The normalized spacial score (nSPS) is 12.8. The van der Waals surface area contributed by atoms with Crippen molar-refractivity contribution in [2.24, 2.45) is 0 Å². The van der Waals surface area contributed by atoms with Crippen molar-refractivity contribution in [2.75, 3.05) is 37.9 Å². The van der Waals surface area contributed by atoms with Crippen molar-refractivity contribution in [3.8, 4) is 11.5 Å². The van der Waals surface area contributed by atoms with Crippen molar-refractivity contribution in [1.82, 2.24) is 10.2 Å². The topological polar surface area (TPSA) is 105 Å². The number of sulfonamides is 1. The highest BCUT2D eigenvalue weighted by Crippen LogP contribution is 2.33. The molecule has 2 aromatic carbocycles. The molecule has 10 heteroatoms. The van der Waals surface area contributed by atoms with Gasteiger partial charge < -0.3 is 19.7 Å². The van der Waals surface area contributed by atoms with E-state index in [0.717, 1.165) is 22.5 Å². The van der Waals surface area contributed by atoms with Crippen LogP contribution in [0.4, 0.5) is 5.69 Å². The summed E-state index contributed by atoms with van der Waals surface area (Å²) in [6.07, 6.45) is 2.28. The van der Waals surface area contributed by atoms with E-state index in [2.05, 4.69) is 5.32 Å². The standard InChI is InChI=1S/C26H37N3O6S/c1-7-19(2)27-26(31)20(3)28(16-15-21-11-9-8-10-12-21)25(30)18-29(36(6,32)33)23-14-13-22(34-4)17-24(23)35-5/h8-14,17,19-20H,7,15-16,18H2,1-6H3,(H,27,31)/t19-,20-/m1/s1. The monoisotopic (exact) mass is 519 g/mol. The highest BCUT2D eigenvalue weighted by Gasteiger charge is 2.31. The van der Waals surface area contributed by atoms with E-state index in [-0.39, 0.29) is 29.9 Å². The van der Waals surface area contributed by atoms with Gasteiger partial charge in [0.05, 0.1) is 26.2 Å². The molecule has 36 heavy (non-hydrogen) atoms. The SMILES string of the molecule is CC[C@@H](C)NC(=O)[C@@H](C)N(CCc1ccccc1)C(=O)CN(c1ccc(OC)cc1OC)S(C)(=O)=O. The summed E-state index contributed by atoms with van der Waals surface area (Å²) in [5.74, 6) is -0.0686. The zero-order valence-electron chi connectivity index (χ0n) is 21.9. The van der Waals surface area contributed by atoms with Gasteiger partial charge in [0.15, 0.2) is 0 Å². The Morgan fingerprint density at radius 2 is 1.69 bits per heavy atom. The molecule has 0 bridgehead atoms. The third kappa shape index (κ3) is 7.87. The van der Waals surface area contributed by atoms with Crippen LogP contribution in [0, 0.1) is 0 Å². The lowest BCUT2D eigenvalue weighted by Gasteiger charge is -2.32. The van der Waals surface area contributed by atoms with E-state index in [1.807, 2.05) is 44.2 Å². The number of hydrogen-bond acceptors (Lipinski definition) is 6. The van der Waals surface area contributed by atoms with E-state index < -0.39 is 28.5 Å². The van der Waals surface area contributed by atoms with Gasteiger partial charge in [0.2, 0.25) is 21.8 Å². The zero-order valence-corrected chi connectivity index (χ0v) is 22.7. The summed E-state index contributed by atoms with van der Waals surface area (Å²) in [7, 11) is -0.971. The minimum Gasteiger partial charge on any atom is -0.497 e. The fourth-order valence-electron chi connectivity index (χ4n) is 3.62. The lowest BCUT2D eigenvalue weighted by Crippen LogP contribution is -2.53. The Kier molecular flexibility index (Phi) is 10.6. The molecule has 0 aliphatic rings. The minimum absolute atomic E-state index is 0.0536. The molecule has 0 radical (unpaired) electrons. The van der Waals surface area contributed by atoms with Crippen LogP contribution in [0.5, 0.6) is 11.5 Å². The Bertz CT molecular complexity index is 1120. The Morgan fingerprint density at radius 1 is 1.03 bits per heavy atom. The lowest BCUT2D eigenvalue weighted by molar-refractivity contribution is -0.139. The Morgan fingerprint density at radius 3 is 2.25 bits per heavy atom. The number of rotatable bonds is 13. The molecule has 0 aromatic heterocycles. The van der Waals surface area contributed by atoms with E-state index >= 15 is 0 Å². The highest BCUT2D eigenvalue weighted by atomic mass is 32.2. The maximum atomic E-state index is 13.6. The number of benzene rings is 2. The van der Waals surface area contributed by atoms with Crippen LogP contribution >= 0.6 is 0 Å². The summed E-state index contributed by atoms with van der Waals surface area (Å²) in [5, 5.41) is 2.91. The molecule has 0 aliphatic carbocycles. The van der Waals surface area contributed by atoms with E-state index in [9.17, 15) is 18.0 Å².